The minimum atomic E-state index is -0.131. The van der Waals surface area contributed by atoms with E-state index in [2.05, 4.69) is 22.6 Å². The zero-order valence-electron chi connectivity index (χ0n) is 15.6. The molecule has 1 aliphatic heterocycles. The first-order chi connectivity index (χ1) is 13.5. The number of hydrogen-bond acceptors (Lipinski definition) is 3. The largest absolute Gasteiger partial charge is 0.326 e. The van der Waals surface area contributed by atoms with Crippen LogP contribution < -0.4 is 5.32 Å². The molecule has 1 N–H and O–H groups in total. The summed E-state index contributed by atoms with van der Waals surface area (Å²) in [6.45, 7) is 2.83. The van der Waals surface area contributed by atoms with Gasteiger partial charge in [0.1, 0.15) is 0 Å². The number of benzene rings is 2. The predicted molar refractivity (Wildman–Crippen MR) is 114 cm³/mol. The fraction of sp³-hybridized carbons (Fsp3) is 0.364. The minimum Gasteiger partial charge on any atom is -0.326 e. The number of carbonyl (C=O) groups is 1. The molecule has 0 atom stereocenters. The number of halogens is 2. The number of rotatable bonds is 7. The lowest BCUT2D eigenvalue weighted by Crippen LogP contribution is -2.35. The van der Waals surface area contributed by atoms with Crippen LogP contribution in [0.4, 0.5) is 5.69 Å². The third-order valence-corrected chi connectivity index (χ3v) is 5.92. The number of anilines is 1. The molecule has 6 heteroatoms. The standard InChI is InChI=1S/C22H23Cl2N2O2/c23-20-6-2-4-18(22(20)24)14-21(28)25-19-5-1-3-16(13-19)7-10-26-11-8-17(15-27)9-12-26/h1-6,13,17H,7-12,14H2,(H,25,28). The highest BCUT2D eigenvalue weighted by Crippen LogP contribution is 2.26. The van der Waals surface area contributed by atoms with Gasteiger partial charge in [-0.25, -0.2) is 0 Å². The number of nitrogens with one attached hydrogen (secondary N) is 1. The Morgan fingerprint density at radius 3 is 2.64 bits per heavy atom. The van der Waals surface area contributed by atoms with Crippen molar-refractivity contribution < 1.29 is 9.59 Å². The van der Waals surface area contributed by atoms with Crippen molar-refractivity contribution in [3.05, 3.63) is 63.6 Å². The normalized spacial score (nSPS) is 15.4. The Morgan fingerprint density at radius 2 is 1.89 bits per heavy atom. The monoisotopic (exact) mass is 417 g/mol. The van der Waals surface area contributed by atoms with Gasteiger partial charge in [-0.3, -0.25) is 9.59 Å². The number of nitrogens with zero attached hydrogens (tertiary/aromatic N) is 1. The second kappa shape index (κ2) is 10.1. The Labute approximate surface area is 175 Å². The highest BCUT2D eigenvalue weighted by atomic mass is 35.5. The van der Waals surface area contributed by atoms with E-state index < -0.39 is 0 Å². The van der Waals surface area contributed by atoms with Gasteiger partial charge in [-0.2, -0.15) is 0 Å². The number of likely N-dealkylation sites (tertiary alicyclic amines) is 1. The zero-order chi connectivity index (χ0) is 19.9. The van der Waals surface area contributed by atoms with Crippen LogP contribution in [-0.4, -0.2) is 36.7 Å². The highest BCUT2D eigenvalue weighted by Gasteiger charge is 2.18. The molecule has 0 unspecified atom stereocenters. The quantitative estimate of drug-likeness (QED) is 0.719. The fourth-order valence-corrected chi connectivity index (χ4v) is 3.82. The van der Waals surface area contributed by atoms with E-state index in [1.165, 1.54) is 5.56 Å². The first-order valence-corrected chi connectivity index (χ1v) is 10.2. The van der Waals surface area contributed by atoms with E-state index in [0.717, 1.165) is 44.6 Å². The molecule has 3 rings (SSSR count). The fourth-order valence-electron chi connectivity index (χ4n) is 3.43. The summed E-state index contributed by atoms with van der Waals surface area (Å²) in [5.74, 6) is -0.0312. The molecule has 0 spiro atoms. The van der Waals surface area contributed by atoms with E-state index in [0.29, 0.717) is 15.6 Å². The molecular formula is C22H23Cl2N2O2. The molecule has 2 aromatic rings. The Morgan fingerprint density at radius 1 is 1.14 bits per heavy atom. The van der Waals surface area contributed by atoms with Crippen molar-refractivity contribution in [2.24, 2.45) is 5.92 Å². The summed E-state index contributed by atoms with van der Waals surface area (Å²) in [6.07, 6.45) is 4.98. The van der Waals surface area contributed by atoms with Crippen LogP contribution >= 0.6 is 23.2 Å². The van der Waals surface area contributed by atoms with Crippen LogP contribution in [0.2, 0.25) is 10.0 Å². The van der Waals surface area contributed by atoms with E-state index in [-0.39, 0.29) is 18.2 Å². The molecule has 147 valence electrons. The maximum Gasteiger partial charge on any atom is 0.228 e. The molecule has 0 aliphatic carbocycles. The number of hydrogen-bond donors (Lipinski definition) is 1. The smallest absolute Gasteiger partial charge is 0.228 e. The van der Waals surface area contributed by atoms with Crippen molar-refractivity contribution in [1.82, 2.24) is 4.90 Å². The lowest BCUT2D eigenvalue weighted by molar-refractivity contribution is -0.115. The molecule has 1 saturated heterocycles. The van der Waals surface area contributed by atoms with E-state index in [1.807, 2.05) is 18.2 Å². The molecule has 0 aromatic heterocycles. The average Bonchev–Trinajstić information content (AvgIpc) is 2.70. The van der Waals surface area contributed by atoms with Crippen LogP contribution in [0.25, 0.3) is 0 Å². The second-order valence-corrected chi connectivity index (χ2v) is 7.91. The van der Waals surface area contributed by atoms with E-state index >= 15 is 0 Å². The van der Waals surface area contributed by atoms with Gasteiger partial charge in [0.05, 0.1) is 16.5 Å². The van der Waals surface area contributed by atoms with Crippen molar-refractivity contribution in [2.45, 2.75) is 25.7 Å². The summed E-state index contributed by atoms with van der Waals surface area (Å²) in [5.41, 5.74) is 2.65. The molecule has 1 radical (unpaired) electrons. The summed E-state index contributed by atoms with van der Waals surface area (Å²) in [4.78, 5) is 25.5. The Hall–Kier alpha value is -1.88. The molecule has 4 nitrogen and oxygen atoms in total. The summed E-state index contributed by atoms with van der Waals surface area (Å²) >= 11 is 12.2. The lowest BCUT2D eigenvalue weighted by Gasteiger charge is -2.29. The summed E-state index contributed by atoms with van der Waals surface area (Å²) in [7, 11) is 0. The third-order valence-electron chi connectivity index (χ3n) is 5.06. The number of piperidine rings is 1. The summed E-state index contributed by atoms with van der Waals surface area (Å²) in [6, 6.07) is 13.2. The van der Waals surface area contributed by atoms with Crippen molar-refractivity contribution in [1.29, 1.82) is 0 Å². The Bertz CT molecular complexity index is 833. The van der Waals surface area contributed by atoms with Gasteiger partial charge in [0.15, 0.2) is 0 Å². The van der Waals surface area contributed by atoms with E-state index in [9.17, 15) is 9.59 Å². The highest BCUT2D eigenvalue weighted by molar-refractivity contribution is 6.42. The van der Waals surface area contributed by atoms with Gasteiger partial charge in [0.2, 0.25) is 12.2 Å². The average molecular weight is 418 g/mol. The molecule has 1 fully saturated rings. The predicted octanol–water partition coefficient (Wildman–Crippen LogP) is 4.54. The van der Waals surface area contributed by atoms with Gasteiger partial charge in [-0.15, -0.1) is 0 Å². The second-order valence-electron chi connectivity index (χ2n) is 7.12. The Kier molecular flexibility index (Phi) is 7.49. The van der Waals surface area contributed by atoms with Gasteiger partial charge in [-0.05, 0) is 61.7 Å². The van der Waals surface area contributed by atoms with Crippen molar-refractivity contribution >= 4 is 41.1 Å². The van der Waals surface area contributed by atoms with Gasteiger partial charge in [0.25, 0.3) is 0 Å². The van der Waals surface area contributed by atoms with E-state index in [4.69, 9.17) is 23.2 Å². The molecule has 2 aromatic carbocycles. The summed E-state index contributed by atoms with van der Waals surface area (Å²) < 4.78 is 0. The van der Waals surface area contributed by atoms with Crippen LogP contribution in [0, 0.1) is 5.92 Å². The van der Waals surface area contributed by atoms with Crippen molar-refractivity contribution in [3.63, 3.8) is 0 Å². The van der Waals surface area contributed by atoms with Crippen LogP contribution in [0.5, 0.6) is 0 Å². The number of carbonyl (C=O) groups excluding carboxylic acids is 2. The SMILES string of the molecule is O=[C]C1CCN(CCc2cccc(NC(=O)Cc3cccc(Cl)c3Cl)c2)CC1. The minimum absolute atomic E-state index is 0.0998. The maximum atomic E-state index is 12.4. The van der Waals surface area contributed by atoms with Crippen LogP contribution in [0.1, 0.15) is 24.0 Å². The lowest BCUT2D eigenvalue weighted by atomic mass is 9.98. The van der Waals surface area contributed by atoms with Gasteiger partial charge in [-0.1, -0.05) is 47.5 Å². The van der Waals surface area contributed by atoms with Crippen LogP contribution in [-0.2, 0) is 22.4 Å². The molecule has 28 heavy (non-hydrogen) atoms. The van der Waals surface area contributed by atoms with Gasteiger partial charge >= 0.3 is 0 Å². The molecule has 0 saturated carbocycles. The zero-order valence-corrected chi connectivity index (χ0v) is 17.1. The molecule has 1 amide bonds. The van der Waals surface area contributed by atoms with Crippen molar-refractivity contribution in [3.8, 4) is 0 Å². The van der Waals surface area contributed by atoms with E-state index in [1.54, 1.807) is 18.2 Å². The third kappa shape index (κ3) is 5.81. The molecule has 0 bridgehead atoms. The van der Waals surface area contributed by atoms with Gasteiger partial charge < -0.3 is 10.2 Å². The topological polar surface area (TPSA) is 49.4 Å². The number of amides is 1. The molecule has 1 heterocycles. The first-order valence-electron chi connectivity index (χ1n) is 9.47. The first kappa shape index (κ1) is 20.8. The van der Waals surface area contributed by atoms with Gasteiger partial charge in [0, 0.05) is 18.2 Å². The maximum absolute atomic E-state index is 12.4. The molecular weight excluding hydrogens is 395 g/mol. The Balaban J connectivity index is 1.52. The van der Waals surface area contributed by atoms with Crippen molar-refractivity contribution in [2.75, 3.05) is 25.0 Å². The molecule has 1 aliphatic rings. The van der Waals surface area contributed by atoms with Crippen LogP contribution in [0.3, 0.4) is 0 Å². The summed E-state index contributed by atoms with van der Waals surface area (Å²) in [5, 5.41) is 3.80. The van der Waals surface area contributed by atoms with Crippen LogP contribution in [0.15, 0.2) is 42.5 Å².